The number of aromatic nitrogens is 2. The Morgan fingerprint density at radius 2 is 2.03 bits per heavy atom. The summed E-state index contributed by atoms with van der Waals surface area (Å²) < 4.78 is 5.29. The molecule has 2 atom stereocenters. The number of hydrogen-bond donors (Lipinski definition) is 3. The van der Waals surface area contributed by atoms with Gasteiger partial charge < -0.3 is 24.7 Å². The summed E-state index contributed by atoms with van der Waals surface area (Å²) >= 11 is 0. The van der Waals surface area contributed by atoms with Crippen molar-refractivity contribution in [3.8, 4) is 5.75 Å². The second-order valence-electron chi connectivity index (χ2n) is 7.54. The number of methoxy groups -OCH3 is 1. The van der Waals surface area contributed by atoms with Crippen LogP contribution >= 0.6 is 0 Å². The van der Waals surface area contributed by atoms with Gasteiger partial charge in [0.15, 0.2) is 0 Å². The van der Waals surface area contributed by atoms with Crippen molar-refractivity contribution in [1.29, 1.82) is 0 Å². The molecule has 1 aromatic heterocycles. The van der Waals surface area contributed by atoms with E-state index in [4.69, 9.17) is 4.74 Å². The lowest BCUT2D eigenvalue weighted by molar-refractivity contribution is -0.132. The fraction of sp³-hybridized carbons (Fsp3) is 0.364. The zero-order valence-corrected chi connectivity index (χ0v) is 16.4. The zero-order valence-electron chi connectivity index (χ0n) is 16.4. The number of amides is 1. The van der Waals surface area contributed by atoms with E-state index in [1.807, 2.05) is 42.5 Å². The Balaban J connectivity index is 1.40. The van der Waals surface area contributed by atoms with Crippen LogP contribution < -0.4 is 10.4 Å². The molecule has 4 rings (SSSR count). The van der Waals surface area contributed by atoms with Gasteiger partial charge in [0, 0.05) is 13.0 Å². The van der Waals surface area contributed by atoms with Crippen LogP contribution in [-0.2, 0) is 11.2 Å². The van der Waals surface area contributed by atoms with Crippen molar-refractivity contribution in [1.82, 2.24) is 14.9 Å². The van der Waals surface area contributed by atoms with Crippen LogP contribution in [0.4, 0.5) is 0 Å². The number of carbonyl (C=O) groups excluding carboxylic acids is 1. The summed E-state index contributed by atoms with van der Waals surface area (Å²) in [4.78, 5) is 31.5. The number of rotatable bonds is 6. The first kappa shape index (κ1) is 19.3. The van der Waals surface area contributed by atoms with Crippen LogP contribution in [0.15, 0.2) is 47.3 Å². The van der Waals surface area contributed by atoms with Crippen molar-refractivity contribution >= 4 is 16.9 Å². The predicted octanol–water partition coefficient (Wildman–Crippen LogP) is 2.52. The van der Waals surface area contributed by atoms with Gasteiger partial charge in [0.05, 0.1) is 30.3 Å². The summed E-state index contributed by atoms with van der Waals surface area (Å²) in [6.45, 7) is 0.358. The highest BCUT2D eigenvalue weighted by Gasteiger charge is 2.35. The van der Waals surface area contributed by atoms with Gasteiger partial charge in [-0.3, -0.25) is 4.79 Å². The quantitative estimate of drug-likeness (QED) is 0.597. The van der Waals surface area contributed by atoms with E-state index in [1.165, 1.54) is 0 Å². The number of nitrogens with one attached hydrogen (secondary N) is 2. The summed E-state index contributed by atoms with van der Waals surface area (Å²) in [5.74, 6) is 0.792. The molecule has 2 aromatic carbocycles. The van der Waals surface area contributed by atoms with Crippen molar-refractivity contribution in [2.75, 3.05) is 13.7 Å². The average molecular weight is 395 g/mol. The number of benzene rings is 2. The van der Waals surface area contributed by atoms with Crippen LogP contribution in [0.25, 0.3) is 11.0 Å². The van der Waals surface area contributed by atoms with Gasteiger partial charge in [0.1, 0.15) is 5.75 Å². The Kier molecular flexibility index (Phi) is 5.40. The molecule has 2 heterocycles. The number of likely N-dealkylation sites (tertiary alicyclic amines) is 1. The molecule has 0 radical (unpaired) electrons. The van der Waals surface area contributed by atoms with E-state index in [2.05, 4.69) is 9.97 Å². The minimum Gasteiger partial charge on any atom is -0.497 e. The molecule has 2 unspecified atom stereocenters. The number of aliphatic hydroxyl groups excluding tert-OH is 1. The highest BCUT2D eigenvalue weighted by molar-refractivity contribution is 5.77. The smallest absolute Gasteiger partial charge is 0.323 e. The first-order valence-corrected chi connectivity index (χ1v) is 9.86. The number of aromatic amines is 2. The molecule has 0 spiro atoms. The van der Waals surface area contributed by atoms with E-state index in [1.54, 1.807) is 12.0 Å². The third kappa shape index (κ3) is 4.19. The molecule has 0 bridgehead atoms. The van der Waals surface area contributed by atoms with E-state index in [0.717, 1.165) is 34.3 Å². The number of ether oxygens (including phenoxy) is 1. The van der Waals surface area contributed by atoms with E-state index in [9.17, 15) is 14.7 Å². The van der Waals surface area contributed by atoms with Gasteiger partial charge in [-0.25, -0.2) is 4.79 Å². The standard InChI is InChI=1S/C22H25N3O4/c1-29-17-6-3-5-15(11-17)20-12-16(26)13-25(20)21(27)7-2-4-14-8-9-18-19(10-14)24-22(28)23-18/h3,5-6,8-11,16,20,26H,2,4,7,12-13H2,1H3,(H2,23,24,28). The van der Waals surface area contributed by atoms with E-state index < -0.39 is 6.10 Å². The second-order valence-corrected chi connectivity index (χ2v) is 7.54. The van der Waals surface area contributed by atoms with Gasteiger partial charge in [-0.1, -0.05) is 18.2 Å². The normalized spacial score (nSPS) is 19.0. The Morgan fingerprint density at radius 3 is 2.86 bits per heavy atom. The van der Waals surface area contributed by atoms with Crippen molar-refractivity contribution in [3.05, 3.63) is 64.1 Å². The van der Waals surface area contributed by atoms with E-state index >= 15 is 0 Å². The minimum atomic E-state index is -0.511. The fourth-order valence-corrected chi connectivity index (χ4v) is 4.08. The van der Waals surface area contributed by atoms with Gasteiger partial charge in [-0.05, 0) is 54.7 Å². The molecule has 29 heavy (non-hydrogen) atoms. The fourth-order valence-electron chi connectivity index (χ4n) is 4.08. The number of aryl methyl sites for hydroxylation is 1. The van der Waals surface area contributed by atoms with Gasteiger partial charge in [-0.2, -0.15) is 0 Å². The molecular weight excluding hydrogens is 370 g/mol. The highest BCUT2D eigenvalue weighted by atomic mass is 16.5. The maximum atomic E-state index is 12.9. The van der Waals surface area contributed by atoms with Gasteiger partial charge in [-0.15, -0.1) is 0 Å². The van der Waals surface area contributed by atoms with Gasteiger partial charge >= 0.3 is 5.69 Å². The summed E-state index contributed by atoms with van der Waals surface area (Å²) in [6.07, 6.45) is 1.89. The molecular formula is C22H25N3O4. The van der Waals surface area contributed by atoms with Crippen molar-refractivity contribution in [3.63, 3.8) is 0 Å². The number of β-amino-alcohol motifs (C(OH)–C–C–N with tert-alkyl or cyclic N) is 1. The number of imidazole rings is 1. The highest BCUT2D eigenvalue weighted by Crippen LogP contribution is 2.34. The number of aliphatic hydroxyl groups is 1. The predicted molar refractivity (Wildman–Crippen MR) is 110 cm³/mol. The number of fused-ring (bicyclic) bond motifs is 1. The number of nitrogens with zero attached hydrogens (tertiary/aromatic N) is 1. The molecule has 1 amide bonds. The molecule has 1 saturated heterocycles. The molecule has 152 valence electrons. The number of H-pyrrole nitrogens is 2. The molecule has 0 saturated carbocycles. The van der Waals surface area contributed by atoms with Crippen LogP contribution in [0.3, 0.4) is 0 Å². The summed E-state index contributed by atoms with van der Waals surface area (Å²) in [6, 6.07) is 13.3. The summed E-state index contributed by atoms with van der Waals surface area (Å²) in [7, 11) is 1.62. The number of hydrogen-bond acceptors (Lipinski definition) is 4. The lowest BCUT2D eigenvalue weighted by Crippen LogP contribution is -2.31. The molecule has 1 fully saturated rings. The van der Waals surface area contributed by atoms with Gasteiger partial charge in [0.25, 0.3) is 0 Å². The van der Waals surface area contributed by atoms with Crippen LogP contribution in [-0.4, -0.2) is 45.6 Å². The Hall–Kier alpha value is -3.06. The molecule has 3 N–H and O–H groups in total. The first-order chi connectivity index (χ1) is 14.0. The molecule has 3 aromatic rings. The largest absolute Gasteiger partial charge is 0.497 e. The van der Waals surface area contributed by atoms with Crippen LogP contribution in [0.2, 0.25) is 0 Å². The summed E-state index contributed by atoms with van der Waals surface area (Å²) in [5, 5.41) is 10.2. The number of carbonyl (C=O) groups is 1. The molecule has 7 heteroatoms. The van der Waals surface area contributed by atoms with Crippen molar-refractivity contribution in [2.45, 2.75) is 37.8 Å². The zero-order chi connectivity index (χ0) is 20.4. The van der Waals surface area contributed by atoms with Crippen molar-refractivity contribution < 1.29 is 14.6 Å². The maximum Gasteiger partial charge on any atom is 0.323 e. The molecule has 1 aliphatic heterocycles. The van der Waals surface area contributed by atoms with Gasteiger partial charge in [0.2, 0.25) is 5.91 Å². The van der Waals surface area contributed by atoms with Crippen LogP contribution in [0.5, 0.6) is 5.75 Å². The Morgan fingerprint density at radius 1 is 1.21 bits per heavy atom. The maximum absolute atomic E-state index is 12.9. The monoisotopic (exact) mass is 395 g/mol. The lowest BCUT2D eigenvalue weighted by Gasteiger charge is -2.25. The Labute approximate surface area is 168 Å². The average Bonchev–Trinajstić information content (AvgIpc) is 3.29. The van der Waals surface area contributed by atoms with Crippen molar-refractivity contribution in [2.24, 2.45) is 0 Å². The first-order valence-electron chi connectivity index (χ1n) is 9.86. The van der Waals surface area contributed by atoms with E-state index in [0.29, 0.717) is 25.8 Å². The van der Waals surface area contributed by atoms with E-state index in [-0.39, 0.29) is 17.6 Å². The van der Waals surface area contributed by atoms with Crippen LogP contribution in [0, 0.1) is 0 Å². The summed E-state index contributed by atoms with van der Waals surface area (Å²) in [5.41, 5.74) is 3.40. The molecule has 7 nitrogen and oxygen atoms in total. The molecule has 1 aliphatic rings. The lowest BCUT2D eigenvalue weighted by atomic mass is 10.0. The third-order valence-corrected chi connectivity index (χ3v) is 5.51. The van der Waals surface area contributed by atoms with Crippen LogP contribution in [0.1, 0.15) is 36.4 Å². The Bertz CT molecular complexity index is 1070. The SMILES string of the molecule is COc1cccc(C2CC(O)CN2C(=O)CCCc2ccc3[nH]c(=O)[nH]c3c2)c1. The third-order valence-electron chi connectivity index (χ3n) is 5.51. The molecule has 0 aliphatic carbocycles. The minimum absolute atomic E-state index is 0.0468. The second kappa shape index (κ2) is 8.13. The topological polar surface area (TPSA) is 98.4 Å².